The minimum Gasteiger partial charge on any atom is -0.497 e. The molecule has 4 aromatic carbocycles. The van der Waals surface area contributed by atoms with Crippen LogP contribution in [0.3, 0.4) is 0 Å². The topological polar surface area (TPSA) is 27.1 Å². The largest absolute Gasteiger partial charge is 0.497 e. The highest BCUT2D eigenvalue weighted by atomic mass is 16.5. The van der Waals surface area contributed by atoms with Crippen LogP contribution >= 0.6 is 0 Å². The summed E-state index contributed by atoms with van der Waals surface area (Å²) in [4.78, 5) is 5.26. The molecule has 5 aromatic rings. The first-order chi connectivity index (χ1) is 16.3. The number of allylic oxidation sites excluding steroid dienone is 1. The van der Waals surface area contributed by atoms with E-state index < -0.39 is 5.41 Å². The Bertz CT molecular complexity index is 1390. The van der Waals surface area contributed by atoms with Crippen LogP contribution in [0, 0.1) is 0 Å². The molecule has 0 N–H and O–H groups in total. The monoisotopic (exact) mass is 428 g/mol. The lowest BCUT2D eigenvalue weighted by Crippen LogP contribution is -2.40. The number of methoxy groups -OCH3 is 1. The van der Waals surface area contributed by atoms with Crippen LogP contribution in [-0.2, 0) is 5.41 Å². The highest BCUT2D eigenvalue weighted by molar-refractivity contribution is 5.80. The fourth-order valence-corrected chi connectivity index (χ4v) is 5.29. The van der Waals surface area contributed by atoms with Crippen molar-refractivity contribution in [2.24, 2.45) is 0 Å². The summed E-state index contributed by atoms with van der Waals surface area (Å²) in [5, 5.41) is 0. The first-order valence-corrected chi connectivity index (χ1v) is 11.2. The minimum absolute atomic E-state index is 0.0533. The van der Waals surface area contributed by atoms with Gasteiger partial charge in [-0.15, -0.1) is 0 Å². The van der Waals surface area contributed by atoms with Crippen molar-refractivity contribution in [3.8, 4) is 5.75 Å². The Hall–Kier alpha value is -4.11. The summed E-state index contributed by atoms with van der Waals surface area (Å²) >= 11 is 0. The van der Waals surface area contributed by atoms with Crippen molar-refractivity contribution in [3.05, 3.63) is 138 Å². The van der Waals surface area contributed by atoms with Crippen LogP contribution in [0.25, 0.3) is 17.2 Å². The number of benzene rings is 4. The molecule has 0 radical (unpaired) electrons. The molecule has 0 saturated carbocycles. The second-order valence-electron chi connectivity index (χ2n) is 8.43. The van der Waals surface area contributed by atoms with E-state index in [0.29, 0.717) is 0 Å². The molecular weight excluding hydrogens is 404 g/mol. The van der Waals surface area contributed by atoms with Gasteiger partial charge < -0.3 is 9.30 Å². The maximum absolute atomic E-state index is 5.44. The van der Waals surface area contributed by atoms with Gasteiger partial charge in [-0.05, 0) is 41.0 Å². The molecule has 1 unspecified atom stereocenters. The van der Waals surface area contributed by atoms with Gasteiger partial charge in [-0.1, -0.05) is 91.0 Å². The Balaban J connectivity index is 1.73. The Morgan fingerprint density at radius 3 is 1.97 bits per heavy atom. The average molecular weight is 429 g/mol. The van der Waals surface area contributed by atoms with Crippen molar-refractivity contribution in [1.82, 2.24) is 9.55 Å². The van der Waals surface area contributed by atoms with E-state index in [1.807, 2.05) is 12.1 Å². The zero-order chi connectivity index (χ0) is 22.3. The van der Waals surface area contributed by atoms with Gasteiger partial charge in [0.15, 0.2) is 0 Å². The molecule has 3 nitrogen and oxygen atoms in total. The zero-order valence-electron chi connectivity index (χ0n) is 18.4. The molecule has 160 valence electrons. The normalized spacial score (nSPS) is 16.5. The Kier molecular flexibility index (Phi) is 4.62. The molecule has 0 aliphatic carbocycles. The summed E-state index contributed by atoms with van der Waals surface area (Å²) < 4.78 is 7.70. The van der Waals surface area contributed by atoms with E-state index >= 15 is 0 Å². The molecule has 0 fully saturated rings. The summed E-state index contributed by atoms with van der Waals surface area (Å²) in [7, 11) is 1.70. The van der Waals surface area contributed by atoms with Crippen LogP contribution in [0.5, 0.6) is 5.75 Å². The molecule has 1 aliphatic heterocycles. The van der Waals surface area contributed by atoms with Gasteiger partial charge in [0.25, 0.3) is 0 Å². The van der Waals surface area contributed by atoms with Gasteiger partial charge in [0.05, 0.1) is 23.6 Å². The number of rotatable bonds is 4. The quantitative estimate of drug-likeness (QED) is 0.320. The lowest BCUT2D eigenvalue weighted by Gasteiger charge is -2.42. The maximum atomic E-state index is 5.44. The van der Waals surface area contributed by atoms with Gasteiger partial charge in [-0.2, -0.15) is 0 Å². The van der Waals surface area contributed by atoms with Crippen molar-refractivity contribution >= 4 is 17.2 Å². The van der Waals surface area contributed by atoms with Crippen LogP contribution in [0.15, 0.2) is 115 Å². The number of ether oxygens (including phenoxy) is 1. The minimum atomic E-state index is -0.495. The molecule has 1 atom stereocenters. The summed E-state index contributed by atoms with van der Waals surface area (Å²) in [6, 6.07) is 38.4. The molecule has 33 heavy (non-hydrogen) atoms. The van der Waals surface area contributed by atoms with Crippen molar-refractivity contribution in [3.63, 3.8) is 0 Å². The first-order valence-electron chi connectivity index (χ1n) is 11.2. The molecule has 0 bridgehead atoms. The SMILES string of the molecule is COc1ccc(C2C=Cn3c(nc4ccccc43)C2(c2ccccc2)c2ccccc2)cc1. The van der Waals surface area contributed by atoms with E-state index in [9.17, 15) is 0 Å². The molecule has 3 heteroatoms. The molecule has 1 aliphatic rings. The van der Waals surface area contributed by atoms with E-state index in [1.165, 1.54) is 16.7 Å². The van der Waals surface area contributed by atoms with Gasteiger partial charge in [-0.3, -0.25) is 0 Å². The predicted molar refractivity (Wildman–Crippen MR) is 134 cm³/mol. The summed E-state index contributed by atoms with van der Waals surface area (Å²) in [5.74, 6) is 1.94. The summed E-state index contributed by atoms with van der Waals surface area (Å²) in [6.45, 7) is 0. The third-order valence-electron chi connectivity index (χ3n) is 6.78. The predicted octanol–water partition coefficient (Wildman–Crippen LogP) is 6.65. The Labute approximate surface area is 193 Å². The van der Waals surface area contributed by atoms with Gasteiger partial charge in [0.2, 0.25) is 0 Å². The van der Waals surface area contributed by atoms with E-state index in [1.54, 1.807) is 7.11 Å². The number of nitrogens with zero attached hydrogens (tertiary/aromatic N) is 2. The lowest BCUT2D eigenvalue weighted by atomic mass is 9.62. The molecule has 0 spiro atoms. The van der Waals surface area contributed by atoms with E-state index in [4.69, 9.17) is 9.72 Å². The molecular formula is C30H24N2O. The average Bonchev–Trinajstić information content (AvgIpc) is 3.28. The number of aromatic nitrogens is 2. The molecule has 6 rings (SSSR count). The van der Waals surface area contributed by atoms with E-state index in [0.717, 1.165) is 22.6 Å². The van der Waals surface area contributed by atoms with Gasteiger partial charge in [0, 0.05) is 12.1 Å². The Morgan fingerprint density at radius 1 is 0.727 bits per heavy atom. The second kappa shape index (κ2) is 7.79. The van der Waals surface area contributed by atoms with Crippen LogP contribution in [-0.4, -0.2) is 16.7 Å². The molecule has 0 saturated heterocycles. The summed E-state index contributed by atoms with van der Waals surface area (Å²) in [5.41, 5.74) is 5.29. The fourth-order valence-electron chi connectivity index (χ4n) is 5.29. The zero-order valence-corrected chi connectivity index (χ0v) is 18.4. The number of hydrogen-bond acceptors (Lipinski definition) is 2. The maximum Gasteiger partial charge on any atom is 0.130 e. The highest BCUT2D eigenvalue weighted by Crippen LogP contribution is 2.52. The fraction of sp³-hybridized carbons (Fsp3) is 0.100. The van der Waals surface area contributed by atoms with Crippen molar-refractivity contribution in [2.75, 3.05) is 7.11 Å². The van der Waals surface area contributed by atoms with Crippen LogP contribution in [0.4, 0.5) is 0 Å². The van der Waals surface area contributed by atoms with Crippen LogP contribution < -0.4 is 4.74 Å². The first kappa shape index (κ1) is 19.6. The van der Waals surface area contributed by atoms with Crippen molar-refractivity contribution in [2.45, 2.75) is 11.3 Å². The van der Waals surface area contributed by atoms with Crippen LogP contribution in [0.1, 0.15) is 28.4 Å². The van der Waals surface area contributed by atoms with Crippen molar-refractivity contribution < 1.29 is 4.74 Å². The second-order valence-corrected chi connectivity index (χ2v) is 8.43. The third kappa shape index (κ3) is 2.93. The molecule has 1 aromatic heterocycles. The van der Waals surface area contributed by atoms with E-state index in [2.05, 4.69) is 114 Å². The summed E-state index contributed by atoms with van der Waals surface area (Å²) in [6.07, 6.45) is 4.51. The molecule has 2 heterocycles. The Morgan fingerprint density at radius 2 is 1.33 bits per heavy atom. The standard InChI is InChI=1S/C30H24N2O/c1-33-25-18-16-22(17-19-25)26-20-21-32-28-15-9-8-14-27(28)31-29(32)30(26,23-10-4-2-5-11-23)24-12-6-3-7-13-24/h2-21,26H,1H3. The van der Waals surface area contributed by atoms with E-state index in [-0.39, 0.29) is 5.92 Å². The van der Waals surface area contributed by atoms with Crippen molar-refractivity contribution in [1.29, 1.82) is 0 Å². The number of imidazole rings is 1. The molecule has 0 amide bonds. The van der Waals surface area contributed by atoms with Gasteiger partial charge in [0.1, 0.15) is 11.6 Å². The lowest BCUT2D eigenvalue weighted by molar-refractivity contribution is 0.414. The smallest absolute Gasteiger partial charge is 0.130 e. The van der Waals surface area contributed by atoms with Crippen LogP contribution in [0.2, 0.25) is 0 Å². The third-order valence-corrected chi connectivity index (χ3v) is 6.78. The number of fused-ring (bicyclic) bond motifs is 3. The number of hydrogen-bond donors (Lipinski definition) is 0. The number of para-hydroxylation sites is 2. The van der Waals surface area contributed by atoms with Gasteiger partial charge >= 0.3 is 0 Å². The van der Waals surface area contributed by atoms with Gasteiger partial charge in [-0.25, -0.2) is 4.98 Å². The highest BCUT2D eigenvalue weighted by Gasteiger charge is 2.48.